The summed E-state index contributed by atoms with van der Waals surface area (Å²) < 4.78 is 5.00. The Morgan fingerprint density at radius 2 is 2.11 bits per heavy atom. The molecule has 0 aromatic carbocycles. The van der Waals surface area contributed by atoms with Gasteiger partial charge in [0.15, 0.2) is 0 Å². The Morgan fingerprint density at radius 3 is 2.83 bits per heavy atom. The van der Waals surface area contributed by atoms with Gasteiger partial charge in [-0.05, 0) is 25.2 Å². The maximum Gasteiger partial charge on any atom is 0.205 e. The Balaban J connectivity index is 2.39. The predicted molar refractivity (Wildman–Crippen MR) is 75.3 cm³/mol. The fourth-order valence-electron chi connectivity index (χ4n) is 2.42. The second-order valence-electron chi connectivity index (χ2n) is 5.09. The van der Waals surface area contributed by atoms with Gasteiger partial charge in [-0.2, -0.15) is 0 Å². The van der Waals surface area contributed by atoms with E-state index >= 15 is 0 Å². The fourth-order valence-corrected chi connectivity index (χ4v) is 2.42. The lowest BCUT2D eigenvalue weighted by molar-refractivity contribution is 0.197. The molecule has 0 aromatic heterocycles. The molecule has 0 radical (unpaired) electrons. The van der Waals surface area contributed by atoms with Crippen LogP contribution in [0.15, 0.2) is 4.99 Å². The lowest BCUT2D eigenvalue weighted by atomic mass is 9.97. The Bertz CT molecular complexity index is 245. The highest BCUT2D eigenvalue weighted by Gasteiger charge is 2.20. The quantitative estimate of drug-likeness (QED) is 0.174. The number of hydrazine groups is 1. The van der Waals surface area contributed by atoms with Gasteiger partial charge in [0, 0.05) is 26.3 Å². The summed E-state index contributed by atoms with van der Waals surface area (Å²) in [5, 5.41) is 3.45. The number of aliphatic imine (C=N–C) groups is 1. The molecule has 2 atom stereocenters. The van der Waals surface area contributed by atoms with Crippen LogP contribution in [0.4, 0.5) is 0 Å². The molecule has 1 saturated carbocycles. The van der Waals surface area contributed by atoms with Crippen LogP contribution in [-0.2, 0) is 4.74 Å². The summed E-state index contributed by atoms with van der Waals surface area (Å²) in [7, 11) is 1.71. The van der Waals surface area contributed by atoms with E-state index in [1.807, 2.05) is 0 Å². The second kappa shape index (κ2) is 9.16. The molecule has 18 heavy (non-hydrogen) atoms. The number of guanidine groups is 1. The van der Waals surface area contributed by atoms with Crippen LogP contribution in [0, 0.1) is 5.92 Å². The molecule has 1 aliphatic carbocycles. The second-order valence-corrected chi connectivity index (χ2v) is 5.09. The fraction of sp³-hybridized carbons (Fsp3) is 0.923. The standard InChI is InChI=1S/C13H28N4O/c1-11-7-4-3-5-8-12(11)16-13(17-14)15-9-6-10-18-2/h11-12H,3-10,14H2,1-2H3,(H2,15,16,17). The summed E-state index contributed by atoms with van der Waals surface area (Å²) in [6, 6.07) is 0.490. The van der Waals surface area contributed by atoms with Gasteiger partial charge in [-0.25, -0.2) is 5.84 Å². The van der Waals surface area contributed by atoms with Crippen LogP contribution in [0.2, 0.25) is 0 Å². The topological polar surface area (TPSA) is 71.7 Å². The number of nitrogens with two attached hydrogens (primary N) is 1. The lowest BCUT2D eigenvalue weighted by Crippen LogP contribution is -2.48. The van der Waals surface area contributed by atoms with Crippen LogP contribution in [0.1, 0.15) is 45.4 Å². The molecule has 0 spiro atoms. The molecule has 0 amide bonds. The first-order valence-corrected chi connectivity index (χ1v) is 7.04. The van der Waals surface area contributed by atoms with Gasteiger partial charge in [-0.15, -0.1) is 0 Å². The molecule has 0 bridgehead atoms. The third kappa shape index (κ3) is 5.69. The third-order valence-electron chi connectivity index (χ3n) is 3.60. The van der Waals surface area contributed by atoms with Crippen LogP contribution in [0.25, 0.3) is 0 Å². The molecule has 5 nitrogen and oxygen atoms in total. The molecule has 0 saturated heterocycles. The van der Waals surface area contributed by atoms with Crippen LogP contribution in [0.5, 0.6) is 0 Å². The molecule has 1 rings (SSSR count). The van der Waals surface area contributed by atoms with Crippen molar-refractivity contribution < 1.29 is 4.74 Å². The average molecular weight is 256 g/mol. The number of ether oxygens (including phenoxy) is 1. The van der Waals surface area contributed by atoms with E-state index in [1.54, 1.807) is 7.11 Å². The smallest absolute Gasteiger partial charge is 0.205 e. The number of nitrogens with one attached hydrogen (secondary N) is 2. The molecule has 2 unspecified atom stereocenters. The van der Waals surface area contributed by atoms with Crippen LogP contribution in [-0.4, -0.2) is 32.3 Å². The van der Waals surface area contributed by atoms with Crippen molar-refractivity contribution in [2.45, 2.75) is 51.5 Å². The maximum atomic E-state index is 5.51. The Morgan fingerprint density at radius 1 is 1.33 bits per heavy atom. The van der Waals surface area contributed by atoms with E-state index in [9.17, 15) is 0 Å². The molecule has 1 fully saturated rings. The predicted octanol–water partition coefficient (Wildman–Crippen LogP) is 1.40. The van der Waals surface area contributed by atoms with Crippen molar-refractivity contribution in [1.29, 1.82) is 0 Å². The third-order valence-corrected chi connectivity index (χ3v) is 3.60. The first kappa shape index (κ1) is 15.2. The van der Waals surface area contributed by atoms with E-state index < -0.39 is 0 Å². The Hall–Kier alpha value is -0.810. The summed E-state index contributed by atoms with van der Waals surface area (Å²) in [6.45, 7) is 3.78. The molecule has 0 aliphatic heterocycles. The van der Waals surface area contributed by atoms with Crippen molar-refractivity contribution in [2.24, 2.45) is 16.8 Å². The largest absolute Gasteiger partial charge is 0.385 e. The zero-order valence-electron chi connectivity index (χ0n) is 11.7. The average Bonchev–Trinajstić information content (AvgIpc) is 2.58. The SMILES string of the molecule is COCCCN=C(NN)NC1CCCCCC1C. The van der Waals surface area contributed by atoms with Crippen LogP contribution < -0.4 is 16.6 Å². The number of rotatable bonds is 5. The van der Waals surface area contributed by atoms with E-state index in [-0.39, 0.29) is 0 Å². The molecule has 4 N–H and O–H groups in total. The lowest BCUT2D eigenvalue weighted by Gasteiger charge is -2.24. The molecule has 1 aliphatic rings. The highest BCUT2D eigenvalue weighted by Crippen LogP contribution is 2.22. The van der Waals surface area contributed by atoms with Gasteiger partial charge in [-0.3, -0.25) is 10.4 Å². The van der Waals surface area contributed by atoms with E-state index in [2.05, 4.69) is 22.7 Å². The van der Waals surface area contributed by atoms with Gasteiger partial charge in [0.05, 0.1) is 0 Å². The van der Waals surface area contributed by atoms with Crippen molar-refractivity contribution in [3.8, 4) is 0 Å². The Labute approximate surface area is 111 Å². The maximum absolute atomic E-state index is 5.51. The molecule has 0 heterocycles. The van der Waals surface area contributed by atoms with Gasteiger partial charge in [0.1, 0.15) is 0 Å². The first-order chi connectivity index (χ1) is 8.77. The number of hydrogen-bond acceptors (Lipinski definition) is 3. The molecule has 0 aromatic rings. The summed E-state index contributed by atoms with van der Waals surface area (Å²) in [5.74, 6) is 6.91. The molecule has 106 valence electrons. The van der Waals surface area contributed by atoms with Crippen LogP contribution >= 0.6 is 0 Å². The minimum absolute atomic E-state index is 0.490. The van der Waals surface area contributed by atoms with E-state index in [1.165, 1.54) is 32.1 Å². The molecular formula is C13H28N4O. The summed E-state index contributed by atoms with van der Waals surface area (Å²) in [4.78, 5) is 4.43. The zero-order chi connectivity index (χ0) is 13.2. The minimum Gasteiger partial charge on any atom is -0.385 e. The highest BCUT2D eigenvalue weighted by molar-refractivity contribution is 5.79. The van der Waals surface area contributed by atoms with E-state index in [0.29, 0.717) is 17.9 Å². The molecule has 5 heteroatoms. The number of nitrogens with zero attached hydrogens (tertiary/aromatic N) is 1. The molecular weight excluding hydrogens is 228 g/mol. The van der Waals surface area contributed by atoms with Gasteiger partial charge < -0.3 is 10.1 Å². The normalized spacial score (nSPS) is 25.6. The van der Waals surface area contributed by atoms with Crippen molar-refractivity contribution in [3.05, 3.63) is 0 Å². The van der Waals surface area contributed by atoms with Crippen molar-refractivity contribution in [2.75, 3.05) is 20.3 Å². The van der Waals surface area contributed by atoms with Crippen molar-refractivity contribution >= 4 is 5.96 Å². The van der Waals surface area contributed by atoms with Crippen molar-refractivity contribution in [1.82, 2.24) is 10.7 Å². The van der Waals surface area contributed by atoms with Crippen molar-refractivity contribution in [3.63, 3.8) is 0 Å². The first-order valence-electron chi connectivity index (χ1n) is 7.04. The summed E-state index contributed by atoms with van der Waals surface area (Å²) >= 11 is 0. The van der Waals surface area contributed by atoms with Gasteiger partial charge in [0.25, 0.3) is 0 Å². The highest BCUT2D eigenvalue weighted by atomic mass is 16.5. The number of hydrogen-bond donors (Lipinski definition) is 3. The number of methoxy groups -OCH3 is 1. The zero-order valence-corrected chi connectivity index (χ0v) is 11.7. The van der Waals surface area contributed by atoms with Gasteiger partial charge >= 0.3 is 0 Å². The van der Waals surface area contributed by atoms with E-state index in [0.717, 1.165) is 19.6 Å². The minimum atomic E-state index is 0.490. The van der Waals surface area contributed by atoms with Gasteiger partial charge in [0.2, 0.25) is 5.96 Å². The monoisotopic (exact) mass is 256 g/mol. The summed E-state index contributed by atoms with van der Waals surface area (Å²) in [5.41, 5.74) is 2.67. The van der Waals surface area contributed by atoms with Gasteiger partial charge in [-0.1, -0.05) is 26.2 Å². The Kier molecular flexibility index (Phi) is 7.76. The summed E-state index contributed by atoms with van der Waals surface area (Å²) in [6.07, 6.45) is 7.40. The van der Waals surface area contributed by atoms with Crippen LogP contribution in [0.3, 0.4) is 0 Å². The van der Waals surface area contributed by atoms with E-state index in [4.69, 9.17) is 10.6 Å².